The number of thiazole rings is 1. The first-order valence-electron chi connectivity index (χ1n) is 7.43. The van der Waals surface area contributed by atoms with Crippen molar-refractivity contribution < 1.29 is 14.3 Å². The van der Waals surface area contributed by atoms with E-state index < -0.39 is 11.7 Å². The Morgan fingerprint density at radius 3 is 2.72 bits per heavy atom. The second-order valence-electron chi connectivity index (χ2n) is 6.15. The molecule has 1 atom stereocenters. The molecule has 1 aromatic heterocycles. The van der Waals surface area contributed by atoms with Crippen molar-refractivity contribution in [3.05, 3.63) is 28.7 Å². The predicted molar refractivity (Wildman–Crippen MR) is 107 cm³/mol. The van der Waals surface area contributed by atoms with Crippen LogP contribution in [0.5, 0.6) is 0 Å². The fraction of sp³-hybridized carbons (Fsp3) is 0.312. The number of ether oxygens (including phenoxy) is 1. The van der Waals surface area contributed by atoms with Crippen LogP contribution in [-0.4, -0.2) is 29.1 Å². The number of nitrogens with zero attached hydrogens (tertiary/aromatic N) is 1. The maximum absolute atomic E-state index is 12.0. The van der Waals surface area contributed by atoms with Gasteiger partial charge in [-0.1, -0.05) is 48.6 Å². The lowest BCUT2D eigenvalue weighted by molar-refractivity contribution is -0.115. The molecule has 2 aromatic rings. The van der Waals surface area contributed by atoms with Gasteiger partial charge < -0.3 is 15.4 Å². The largest absolute Gasteiger partial charge is 0.444 e. The van der Waals surface area contributed by atoms with Gasteiger partial charge in [-0.2, -0.15) is 0 Å². The van der Waals surface area contributed by atoms with Gasteiger partial charge in [-0.3, -0.25) is 4.79 Å². The molecule has 2 amide bonds. The number of nitrogens with one attached hydrogen (secondary N) is 2. The van der Waals surface area contributed by atoms with Gasteiger partial charge in [0, 0.05) is 10.0 Å². The van der Waals surface area contributed by atoms with Gasteiger partial charge >= 0.3 is 6.09 Å². The molecule has 134 valence electrons. The molecule has 6 nitrogen and oxygen atoms in total. The van der Waals surface area contributed by atoms with E-state index in [0.717, 1.165) is 20.3 Å². The number of carbonyl (C=O) groups excluding carboxylic acids is 2. The van der Waals surface area contributed by atoms with Gasteiger partial charge in [-0.25, -0.2) is 9.78 Å². The van der Waals surface area contributed by atoms with E-state index in [-0.39, 0.29) is 12.5 Å². The van der Waals surface area contributed by atoms with E-state index >= 15 is 0 Å². The molecular weight excluding hydrogens is 425 g/mol. The summed E-state index contributed by atoms with van der Waals surface area (Å²) in [4.78, 5) is 28.0. The minimum atomic E-state index is -0.636. The molecule has 0 aliphatic carbocycles. The topological polar surface area (TPSA) is 80.3 Å². The van der Waals surface area contributed by atoms with Crippen molar-refractivity contribution in [1.82, 2.24) is 10.3 Å². The van der Waals surface area contributed by atoms with E-state index in [1.807, 2.05) is 24.3 Å². The number of amides is 2. The summed E-state index contributed by atoms with van der Waals surface area (Å²) in [5, 5.41) is 5.56. The molecule has 0 radical (unpaired) electrons. The summed E-state index contributed by atoms with van der Waals surface area (Å²) in [7, 11) is 2.62. The lowest BCUT2D eigenvalue weighted by Crippen LogP contribution is -2.37. The summed E-state index contributed by atoms with van der Waals surface area (Å²) in [6.45, 7) is 5.08. The number of hydrogen-bond acceptors (Lipinski definition) is 5. The lowest BCUT2D eigenvalue weighted by Gasteiger charge is -2.19. The third kappa shape index (κ3) is 6.38. The molecule has 0 bridgehead atoms. The zero-order valence-electron chi connectivity index (χ0n) is 14.1. The molecule has 0 saturated heterocycles. The van der Waals surface area contributed by atoms with Gasteiger partial charge in [0.2, 0.25) is 5.91 Å². The van der Waals surface area contributed by atoms with Crippen LogP contribution in [0, 0.1) is 0 Å². The van der Waals surface area contributed by atoms with Crippen LogP contribution in [0.4, 0.5) is 9.93 Å². The van der Waals surface area contributed by atoms with Gasteiger partial charge in [0.05, 0.1) is 10.3 Å². The Morgan fingerprint density at radius 1 is 1.36 bits per heavy atom. The fourth-order valence-corrected chi connectivity index (χ4v) is 3.59. The molecule has 1 unspecified atom stereocenters. The van der Waals surface area contributed by atoms with Crippen molar-refractivity contribution in [1.29, 1.82) is 0 Å². The zero-order valence-corrected chi connectivity index (χ0v) is 17.6. The van der Waals surface area contributed by atoms with Crippen molar-refractivity contribution in [3.63, 3.8) is 0 Å². The summed E-state index contributed by atoms with van der Waals surface area (Å²) in [6, 6.07) is 7.76. The molecule has 0 aliphatic heterocycles. The molecule has 25 heavy (non-hydrogen) atoms. The molecule has 0 spiro atoms. The van der Waals surface area contributed by atoms with Gasteiger partial charge in [0.15, 0.2) is 5.13 Å². The van der Waals surface area contributed by atoms with Gasteiger partial charge in [0.1, 0.15) is 12.1 Å². The van der Waals surface area contributed by atoms with E-state index in [0.29, 0.717) is 5.13 Å². The smallest absolute Gasteiger partial charge is 0.408 e. The highest BCUT2D eigenvalue weighted by atomic mass is 79.9. The standard InChI is InChI=1S/C16H19BrN3O3PS/c1-16(2,3)23-15(22)18-8-11(21)19-14-20-12(13(24)25-14)9-5-4-6-10(17)7-9/h4-7H,8,24H2,1-3H3,(H,18,22)(H,19,20,21). The summed E-state index contributed by atoms with van der Waals surface area (Å²) in [5.41, 5.74) is 1.12. The number of benzene rings is 1. The lowest BCUT2D eigenvalue weighted by atomic mass is 10.2. The van der Waals surface area contributed by atoms with Crippen LogP contribution in [0.25, 0.3) is 11.3 Å². The third-order valence-corrected chi connectivity index (χ3v) is 4.71. The van der Waals surface area contributed by atoms with Crippen LogP contribution in [0.1, 0.15) is 20.8 Å². The number of anilines is 1. The van der Waals surface area contributed by atoms with E-state index in [1.165, 1.54) is 11.3 Å². The maximum atomic E-state index is 12.0. The number of alkyl carbamates (subject to hydrolysis) is 1. The number of rotatable bonds is 4. The molecule has 9 heteroatoms. The predicted octanol–water partition coefficient (Wildman–Crippen LogP) is 3.54. The number of carbonyl (C=O) groups is 2. The SMILES string of the molecule is CC(C)(C)OC(=O)NCC(=O)Nc1nc(-c2cccc(Br)c2)c(P)s1. The highest BCUT2D eigenvalue weighted by Gasteiger charge is 2.17. The number of halogens is 1. The minimum Gasteiger partial charge on any atom is -0.444 e. The first kappa shape index (κ1) is 19.8. The monoisotopic (exact) mass is 443 g/mol. The Labute approximate surface area is 161 Å². The Balaban J connectivity index is 1.96. The van der Waals surface area contributed by atoms with E-state index in [4.69, 9.17) is 4.74 Å². The molecular formula is C16H19BrN3O3PS. The molecule has 2 N–H and O–H groups in total. The van der Waals surface area contributed by atoms with Crippen molar-refractivity contribution in [2.45, 2.75) is 26.4 Å². The van der Waals surface area contributed by atoms with Crippen molar-refractivity contribution >= 4 is 58.3 Å². The molecule has 2 rings (SSSR count). The third-order valence-electron chi connectivity index (χ3n) is 2.79. The molecule has 0 fully saturated rings. The van der Waals surface area contributed by atoms with E-state index in [1.54, 1.807) is 20.8 Å². The number of hydrogen-bond donors (Lipinski definition) is 2. The quantitative estimate of drug-likeness (QED) is 0.708. The molecule has 1 heterocycles. The van der Waals surface area contributed by atoms with Gasteiger partial charge in [-0.05, 0) is 32.9 Å². The fourth-order valence-electron chi connectivity index (χ4n) is 1.86. The highest BCUT2D eigenvalue weighted by Crippen LogP contribution is 2.26. The minimum absolute atomic E-state index is 0.188. The van der Waals surface area contributed by atoms with Crippen LogP contribution in [-0.2, 0) is 9.53 Å². The average molecular weight is 444 g/mol. The van der Waals surface area contributed by atoms with E-state index in [9.17, 15) is 9.59 Å². The molecule has 0 aliphatic rings. The summed E-state index contributed by atoms with van der Waals surface area (Å²) >= 11 is 4.78. The summed E-state index contributed by atoms with van der Waals surface area (Å²) in [5.74, 6) is -0.370. The Kier molecular flexibility index (Phi) is 6.54. The summed E-state index contributed by atoms with van der Waals surface area (Å²) < 4.78 is 6.94. The van der Waals surface area contributed by atoms with Crippen LogP contribution >= 0.6 is 36.5 Å². The van der Waals surface area contributed by atoms with Crippen LogP contribution in [0.2, 0.25) is 0 Å². The summed E-state index contributed by atoms with van der Waals surface area (Å²) in [6.07, 6.45) is -0.636. The Bertz CT molecular complexity index is 789. The average Bonchev–Trinajstić information content (AvgIpc) is 2.84. The molecule has 1 aromatic carbocycles. The van der Waals surface area contributed by atoms with Crippen LogP contribution in [0.3, 0.4) is 0 Å². The Morgan fingerprint density at radius 2 is 2.08 bits per heavy atom. The zero-order chi connectivity index (χ0) is 18.6. The van der Waals surface area contributed by atoms with Crippen LogP contribution in [0.15, 0.2) is 28.7 Å². The van der Waals surface area contributed by atoms with Crippen LogP contribution < -0.4 is 15.3 Å². The molecule has 0 saturated carbocycles. The maximum Gasteiger partial charge on any atom is 0.408 e. The highest BCUT2D eigenvalue weighted by molar-refractivity contribution is 9.10. The second-order valence-corrected chi connectivity index (χ2v) is 9.09. The normalized spacial score (nSPS) is 11.1. The van der Waals surface area contributed by atoms with Crippen molar-refractivity contribution in [2.75, 3.05) is 11.9 Å². The second kappa shape index (κ2) is 8.25. The first-order chi connectivity index (χ1) is 11.6. The Hall–Kier alpha value is -1.50. The van der Waals surface area contributed by atoms with Crippen molar-refractivity contribution in [2.24, 2.45) is 0 Å². The van der Waals surface area contributed by atoms with Gasteiger partial charge in [-0.15, -0.1) is 0 Å². The van der Waals surface area contributed by atoms with Crippen molar-refractivity contribution in [3.8, 4) is 11.3 Å². The first-order valence-corrected chi connectivity index (χ1v) is 9.61. The van der Waals surface area contributed by atoms with Gasteiger partial charge in [0.25, 0.3) is 0 Å². The number of aromatic nitrogens is 1. The van der Waals surface area contributed by atoms with E-state index in [2.05, 4.69) is 40.8 Å².